The molecule has 1 aliphatic heterocycles. The Bertz CT molecular complexity index is 204. The molecule has 1 rings (SSSR count). The molecule has 1 saturated heterocycles. The largest absolute Gasteiger partial charge is 0.385 e. The lowest BCUT2D eigenvalue weighted by molar-refractivity contribution is 0.189. The molecule has 1 fully saturated rings. The maximum absolute atomic E-state index is 5.30. The van der Waals surface area contributed by atoms with Gasteiger partial charge in [-0.2, -0.15) is 0 Å². The zero-order chi connectivity index (χ0) is 11.6. The number of terminal acetylenes is 1. The number of unbranched alkanes of at least 4 members (excludes halogenated alkanes) is 1. The van der Waals surface area contributed by atoms with Gasteiger partial charge in [0.05, 0.1) is 6.54 Å². The zero-order valence-corrected chi connectivity index (χ0v) is 10.4. The molecule has 3 heteroatoms. The van der Waals surface area contributed by atoms with Crippen LogP contribution in [0.3, 0.4) is 0 Å². The van der Waals surface area contributed by atoms with Crippen LogP contribution in [0, 0.1) is 12.3 Å². The van der Waals surface area contributed by atoms with Gasteiger partial charge in [-0.05, 0) is 32.2 Å². The van der Waals surface area contributed by atoms with E-state index in [0.717, 1.165) is 39.2 Å². The second-order valence-electron chi connectivity index (χ2n) is 4.41. The molecule has 1 N–H and O–H groups in total. The van der Waals surface area contributed by atoms with Crippen molar-refractivity contribution in [3.63, 3.8) is 0 Å². The van der Waals surface area contributed by atoms with Crippen LogP contribution in [-0.4, -0.2) is 50.8 Å². The number of methoxy groups -OCH3 is 1. The predicted octanol–water partition coefficient (Wildman–Crippen LogP) is 1.10. The van der Waals surface area contributed by atoms with E-state index in [1.807, 2.05) is 0 Å². The van der Waals surface area contributed by atoms with Crippen molar-refractivity contribution in [2.45, 2.75) is 31.7 Å². The average molecular weight is 224 g/mol. The maximum Gasteiger partial charge on any atom is 0.0598 e. The lowest BCUT2D eigenvalue weighted by atomic mass is 10.0. The summed E-state index contributed by atoms with van der Waals surface area (Å²) in [4.78, 5) is 2.35. The lowest BCUT2D eigenvalue weighted by Crippen LogP contribution is -2.42. The first kappa shape index (κ1) is 13.5. The molecule has 1 heterocycles. The van der Waals surface area contributed by atoms with Gasteiger partial charge in [-0.3, -0.25) is 4.90 Å². The van der Waals surface area contributed by atoms with Crippen molar-refractivity contribution in [1.82, 2.24) is 10.2 Å². The number of likely N-dealkylation sites (tertiary alicyclic amines) is 1. The standard InChI is InChI=1S/C13H24N2O/c1-3-9-15-10-6-13(7-11-15)14-8-4-5-12-16-2/h1,13-14H,4-12H2,2H3. The Hall–Kier alpha value is -0.560. The molecule has 0 aromatic carbocycles. The van der Waals surface area contributed by atoms with Gasteiger partial charge in [0.15, 0.2) is 0 Å². The van der Waals surface area contributed by atoms with Gasteiger partial charge in [-0.1, -0.05) is 5.92 Å². The minimum absolute atomic E-state index is 0.691. The predicted molar refractivity (Wildman–Crippen MR) is 67.4 cm³/mol. The molecule has 0 bridgehead atoms. The van der Waals surface area contributed by atoms with E-state index in [1.54, 1.807) is 7.11 Å². The molecule has 0 amide bonds. The molecule has 0 aromatic heterocycles. The molecular weight excluding hydrogens is 200 g/mol. The van der Waals surface area contributed by atoms with Gasteiger partial charge in [0, 0.05) is 32.8 Å². The highest BCUT2D eigenvalue weighted by atomic mass is 16.5. The normalized spacial score (nSPS) is 18.5. The summed E-state index contributed by atoms with van der Waals surface area (Å²) in [5.74, 6) is 2.71. The zero-order valence-electron chi connectivity index (χ0n) is 10.4. The van der Waals surface area contributed by atoms with E-state index in [1.165, 1.54) is 19.3 Å². The maximum atomic E-state index is 5.30. The van der Waals surface area contributed by atoms with Crippen molar-refractivity contribution in [1.29, 1.82) is 0 Å². The Labute approximate surface area is 99.5 Å². The van der Waals surface area contributed by atoms with Gasteiger partial charge in [0.25, 0.3) is 0 Å². The molecule has 0 spiro atoms. The molecule has 1 aliphatic rings. The van der Waals surface area contributed by atoms with Gasteiger partial charge in [-0.25, -0.2) is 0 Å². The average Bonchev–Trinajstić information content (AvgIpc) is 2.31. The molecule has 0 atom stereocenters. The topological polar surface area (TPSA) is 24.5 Å². The third-order valence-electron chi connectivity index (χ3n) is 3.11. The van der Waals surface area contributed by atoms with Crippen LogP contribution in [0.5, 0.6) is 0 Å². The first-order valence-electron chi connectivity index (χ1n) is 6.25. The fourth-order valence-corrected chi connectivity index (χ4v) is 2.10. The summed E-state index contributed by atoms with van der Waals surface area (Å²) in [5.41, 5.74) is 0. The van der Waals surface area contributed by atoms with Crippen molar-refractivity contribution < 1.29 is 4.74 Å². The third-order valence-corrected chi connectivity index (χ3v) is 3.11. The smallest absolute Gasteiger partial charge is 0.0598 e. The van der Waals surface area contributed by atoms with Crippen LogP contribution in [0.2, 0.25) is 0 Å². The summed E-state index contributed by atoms with van der Waals surface area (Å²) in [6.45, 7) is 5.08. The Balaban J connectivity index is 1.98. The first-order valence-corrected chi connectivity index (χ1v) is 6.25. The Morgan fingerprint density at radius 3 is 2.75 bits per heavy atom. The number of rotatable bonds is 7. The molecule has 92 valence electrons. The summed E-state index contributed by atoms with van der Waals surface area (Å²) in [5, 5.41) is 3.61. The molecule has 16 heavy (non-hydrogen) atoms. The van der Waals surface area contributed by atoms with Crippen LogP contribution in [0.15, 0.2) is 0 Å². The molecule has 0 unspecified atom stereocenters. The van der Waals surface area contributed by atoms with Crippen molar-refractivity contribution >= 4 is 0 Å². The van der Waals surface area contributed by atoms with E-state index in [-0.39, 0.29) is 0 Å². The number of ether oxygens (including phenoxy) is 1. The fourth-order valence-electron chi connectivity index (χ4n) is 2.10. The van der Waals surface area contributed by atoms with Gasteiger partial charge < -0.3 is 10.1 Å². The van der Waals surface area contributed by atoms with Crippen LogP contribution in [0.4, 0.5) is 0 Å². The number of nitrogens with zero attached hydrogens (tertiary/aromatic N) is 1. The Morgan fingerprint density at radius 2 is 2.12 bits per heavy atom. The number of hydrogen-bond donors (Lipinski definition) is 1. The van der Waals surface area contributed by atoms with Crippen molar-refractivity contribution in [2.24, 2.45) is 0 Å². The van der Waals surface area contributed by atoms with Crippen LogP contribution in [-0.2, 0) is 4.74 Å². The monoisotopic (exact) mass is 224 g/mol. The fraction of sp³-hybridized carbons (Fsp3) is 0.846. The lowest BCUT2D eigenvalue weighted by Gasteiger charge is -2.31. The van der Waals surface area contributed by atoms with E-state index in [2.05, 4.69) is 16.1 Å². The van der Waals surface area contributed by atoms with Crippen LogP contribution in [0.1, 0.15) is 25.7 Å². The molecule has 0 aliphatic carbocycles. The Morgan fingerprint density at radius 1 is 1.38 bits per heavy atom. The highest BCUT2D eigenvalue weighted by Gasteiger charge is 2.17. The molecule has 0 radical (unpaired) electrons. The minimum Gasteiger partial charge on any atom is -0.385 e. The quantitative estimate of drug-likeness (QED) is 0.518. The van der Waals surface area contributed by atoms with Gasteiger partial charge >= 0.3 is 0 Å². The molecule has 3 nitrogen and oxygen atoms in total. The van der Waals surface area contributed by atoms with Crippen LogP contribution < -0.4 is 5.32 Å². The van der Waals surface area contributed by atoms with Gasteiger partial charge in [-0.15, -0.1) is 6.42 Å². The second-order valence-corrected chi connectivity index (χ2v) is 4.41. The van der Waals surface area contributed by atoms with Crippen molar-refractivity contribution in [3.8, 4) is 12.3 Å². The number of piperidine rings is 1. The second kappa shape index (κ2) is 8.58. The highest BCUT2D eigenvalue weighted by molar-refractivity contribution is 4.90. The third kappa shape index (κ3) is 5.50. The van der Waals surface area contributed by atoms with Crippen LogP contribution >= 0.6 is 0 Å². The number of hydrogen-bond acceptors (Lipinski definition) is 3. The van der Waals surface area contributed by atoms with Gasteiger partial charge in [0.2, 0.25) is 0 Å². The first-order chi connectivity index (χ1) is 7.86. The Kier molecular flexibility index (Phi) is 7.24. The van der Waals surface area contributed by atoms with Crippen molar-refractivity contribution in [2.75, 3.05) is 39.9 Å². The summed E-state index contributed by atoms with van der Waals surface area (Å²) in [7, 11) is 1.76. The summed E-state index contributed by atoms with van der Waals surface area (Å²) in [6, 6.07) is 0.691. The van der Waals surface area contributed by atoms with Crippen LogP contribution in [0.25, 0.3) is 0 Å². The molecule has 0 saturated carbocycles. The van der Waals surface area contributed by atoms with Crippen molar-refractivity contribution in [3.05, 3.63) is 0 Å². The highest BCUT2D eigenvalue weighted by Crippen LogP contribution is 2.09. The molecule has 0 aromatic rings. The van der Waals surface area contributed by atoms with E-state index < -0.39 is 0 Å². The SMILES string of the molecule is C#CCN1CCC(NCCCCOC)CC1. The van der Waals surface area contributed by atoms with Gasteiger partial charge in [0.1, 0.15) is 0 Å². The summed E-state index contributed by atoms with van der Waals surface area (Å²) >= 11 is 0. The van der Waals surface area contributed by atoms with E-state index >= 15 is 0 Å². The van der Waals surface area contributed by atoms with E-state index in [9.17, 15) is 0 Å². The summed E-state index contributed by atoms with van der Waals surface area (Å²) in [6.07, 6.45) is 10.1. The summed E-state index contributed by atoms with van der Waals surface area (Å²) < 4.78 is 5.02. The number of nitrogens with one attached hydrogen (secondary N) is 1. The molecular formula is C13H24N2O. The minimum atomic E-state index is 0.691. The van der Waals surface area contributed by atoms with E-state index in [4.69, 9.17) is 11.2 Å². The van der Waals surface area contributed by atoms with E-state index in [0.29, 0.717) is 6.04 Å².